The standard InChI is InChI=1S/C17H27NO3/c1-15(2)10-6-8-16(15,3)13-12(10)18-14(20-13)17(9-19)7-4-5-11(17)21-18/h10-14,19H,4-9H2,1-3H3/t10-,11+,12-,13-,14+,16+,17+/m1/s1. The number of fused-ring (bicyclic) bond motifs is 9. The third-order valence-electron chi connectivity index (χ3n) is 8.31. The van der Waals surface area contributed by atoms with Gasteiger partial charge in [-0.3, -0.25) is 4.84 Å². The van der Waals surface area contributed by atoms with Gasteiger partial charge in [0, 0.05) is 5.41 Å². The van der Waals surface area contributed by atoms with Crippen LogP contribution in [0.3, 0.4) is 0 Å². The van der Waals surface area contributed by atoms with Gasteiger partial charge < -0.3 is 9.84 Å². The maximum atomic E-state index is 10.1. The van der Waals surface area contributed by atoms with Gasteiger partial charge in [-0.25, -0.2) is 0 Å². The Hall–Kier alpha value is -0.160. The Morgan fingerprint density at radius 2 is 2.00 bits per heavy atom. The number of aliphatic hydroxyl groups is 1. The molecular formula is C17H27NO3. The normalized spacial score (nSPS) is 60.3. The lowest BCUT2D eigenvalue weighted by molar-refractivity contribution is -0.198. The van der Waals surface area contributed by atoms with Crippen molar-refractivity contribution in [1.82, 2.24) is 5.06 Å². The van der Waals surface area contributed by atoms with Crippen molar-refractivity contribution >= 4 is 0 Å². The van der Waals surface area contributed by atoms with Crippen LogP contribution >= 0.6 is 0 Å². The molecule has 2 saturated heterocycles. The van der Waals surface area contributed by atoms with E-state index in [1.165, 1.54) is 12.8 Å². The average molecular weight is 293 g/mol. The Labute approximate surface area is 126 Å². The molecule has 2 bridgehead atoms. The predicted octanol–water partition coefficient (Wildman–Crippen LogP) is 2.31. The van der Waals surface area contributed by atoms with Gasteiger partial charge in [0.05, 0.1) is 30.3 Å². The first kappa shape index (κ1) is 13.3. The van der Waals surface area contributed by atoms with Crippen LogP contribution in [0, 0.1) is 22.2 Å². The largest absolute Gasteiger partial charge is 0.396 e. The number of aliphatic hydroxyl groups excluding tert-OH is 1. The Morgan fingerprint density at radius 3 is 2.76 bits per heavy atom. The lowest BCUT2D eigenvalue weighted by Crippen LogP contribution is -2.44. The van der Waals surface area contributed by atoms with E-state index in [2.05, 4.69) is 25.8 Å². The summed E-state index contributed by atoms with van der Waals surface area (Å²) < 4.78 is 6.63. The van der Waals surface area contributed by atoms with Crippen LogP contribution in [0.15, 0.2) is 0 Å². The minimum absolute atomic E-state index is 0.0129. The first-order valence-electron chi connectivity index (χ1n) is 8.67. The lowest BCUT2D eigenvalue weighted by atomic mass is 9.70. The molecule has 4 nitrogen and oxygen atoms in total. The summed E-state index contributed by atoms with van der Waals surface area (Å²) in [4.78, 5) is 6.36. The van der Waals surface area contributed by atoms with Gasteiger partial charge in [-0.2, -0.15) is 5.06 Å². The van der Waals surface area contributed by atoms with E-state index in [0.717, 1.165) is 19.3 Å². The molecule has 5 aliphatic rings. The van der Waals surface area contributed by atoms with Gasteiger partial charge in [-0.15, -0.1) is 0 Å². The third kappa shape index (κ3) is 1.19. The highest BCUT2D eigenvalue weighted by Gasteiger charge is 2.76. The predicted molar refractivity (Wildman–Crippen MR) is 77.1 cm³/mol. The van der Waals surface area contributed by atoms with Crippen molar-refractivity contribution in [1.29, 1.82) is 0 Å². The molecule has 7 atom stereocenters. The summed E-state index contributed by atoms with van der Waals surface area (Å²) in [6, 6.07) is 0.401. The summed E-state index contributed by atoms with van der Waals surface area (Å²) >= 11 is 0. The molecule has 2 heterocycles. The number of hydrogen-bond donors (Lipinski definition) is 1. The molecule has 0 spiro atoms. The minimum atomic E-state index is -0.162. The highest BCUT2D eigenvalue weighted by Crippen LogP contribution is 2.71. The van der Waals surface area contributed by atoms with Gasteiger partial charge in [-0.05, 0) is 43.4 Å². The molecule has 21 heavy (non-hydrogen) atoms. The first-order valence-corrected chi connectivity index (χ1v) is 8.67. The molecule has 3 aliphatic carbocycles. The van der Waals surface area contributed by atoms with Gasteiger partial charge in [0.2, 0.25) is 0 Å². The fourth-order valence-corrected chi connectivity index (χ4v) is 6.58. The molecule has 0 unspecified atom stereocenters. The fraction of sp³-hybridized carbons (Fsp3) is 1.00. The highest BCUT2D eigenvalue weighted by atomic mass is 16.8. The van der Waals surface area contributed by atoms with Crippen molar-refractivity contribution < 1.29 is 14.7 Å². The van der Waals surface area contributed by atoms with Gasteiger partial charge in [0.15, 0.2) is 0 Å². The van der Waals surface area contributed by atoms with E-state index in [0.29, 0.717) is 17.4 Å². The molecule has 5 fully saturated rings. The molecule has 5 rings (SSSR count). The summed E-state index contributed by atoms with van der Waals surface area (Å²) in [5, 5.41) is 12.3. The fourth-order valence-electron chi connectivity index (χ4n) is 6.58. The van der Waals surface area contributed by atoms with Gasteiger partial charge in [0.1, 0.15) is 6.23 Å². The molecule has 0 aromatic carbocycles. The smallest absolute Gasteiger partial charge is 0.144 e. The second-order valence-electron chi connectivity index (χ2n) is 8.92. The van der Waals surface area contributed by atoms with E-state index >= 15 is 0 Å². The van der Waals surface area contributed by atoms with Crippen LogP contribution in [0.4, 0.5) is 0 Å². The van der Waals surface area contributed by atoms with Crippen molar-refractivity contribution in [3.05, 3.63) is 0 Å². The maximum Gasteiger partial charge on any atom is 0.144 e. The molecule has 0 radical (unpaired) electrons. The molecule has 3 saturated carbocycles. The first-order chi connectivity index (χ1) is 9.96. The van der Waals surface area contributed by atoms with E-state index in [9.17, 15) is 5.11 Å². The maximum absolute atomic E-state index is 10.1. The number of rotatable bonds is 1. The summed E-state index contributed by atoms with van der Waals surface area (Å²) in [6.45, 7) is 7.45. The third-order valence-corrected chi connectivity index (χ3v) is 8.31. The Kier molecular flexibility index (Phi) is 2.32. The molecule has 118 valence electrons. The van der Waals surface area contributed by atoms with E-state index in [1.54, 1.807) is 0 Å². The minimum Gasteiger partial charge on any atom is -0.396 e. The molecule has 0 amide bonds. The SMILES string of the molecule is CC1(C)[C@@H]2CC[C@@]1(C)[C@@H]1O[C@@H]3N(O[C@H]4CCC[C@]43CO)[C@H]21. The zero-order chi connectivity index (χ0) is 14.6. The van der Waals surface area contributed by atoms with Crippen molar-refractivity contribution in [2.45, 2.75) is 77.4 Å². The summed E-state index contributed by atoms with van der Waals surface area (Å²) in [6.07, 6.45) is 6.25. The molecule has 1 N–H and O–H groups in total. The van der Waals surface area contributed by atoms with E-state index in [1.807, 2.05) is 0 Å². The van der Waals surface area contributed by atoms with Crippen LogP contribution in [0.5, 0.6) is 0 Å². The van der Waals surface area contributed by atoms with Crippen molar-refractivity contribution in [3.8, 4) is 0 Å². The zero-order valence-corrected chi connectivity index (χ0v) is 13.3. The van der Waals surface area contributed by atoms with E-state index < -0.39 is 0 Å². The molecule has 4 heteroatoms. The second-order valence-corrected chi connectivity index (χ2v) is 8.92. The average Bonchev–Trinajstić information content (AvgIpc) is 3.14. The van der Waals surface area contributed by atoms with Crippen LogP contribution in [0.25, 0.3) is 0 Å². The van der Waals surface area contributed by atoms with E-state index in [-0.39, 0.29) is 35.9 Å². The Morgan fingerprint density at radius 1 is 1.19 bits per heavy atom. The van der Waals surface area contributed by atoms with Crippen LogP contribution in [-0.4, -0.2) is 41.3 Å². The van der Waals surface area contributed by atoms with Crippen molar-refractivity contribution in [2.75, 3.05) is 6.61 Å². The summed E-state index contributed by atoms with van der Waals surface area (Å²) in [5.41, 5.74) is 0.409. The number of ether oxygens (including phenoxy) is 1. The van der Waals surface area contributed by atoms with Crippen LogP contribution in [-0.2, 0) is 9.57 Å². The van der Waals surface area contributed by atoms with Gasteiger partial charge in [0.25, 0.3) is 0 Å². The van der Waals surface area contributed by atoms with Crippen LogP contribution in [0.1, 0.15) is 52.9 Å². The Balaban J connectivity index is 1.56. The van der Waals surface area contributed by atoms with Crippen molar-refractivity contribution in [3.63, 3.8) is 0 Å². The van der Waals surface area contributed by atoms with E-state index in [4.69, 9.17) is 9.57 Å². The monoisotopic (exact) mass is 293 g/mol. The second kappa shape index (κ2) is 3.66. The molecule has 2 aliphatic heterocycles. The van der Waals surface area contributed by atoms with Gasteiger partial charge in [-0.1, -0.05) is 20.8 Å². The lowest BCUT2D eigenvalue weighted by Gasteiger charge is -2.39. The number of hydroxylamine groups is 2. The molecular weight excluding hydrogens is 266 g/mol. The van der Waals surface area contributed by atoms with Gasteiger partial charge >= 0.3 is 0 Å². The Bertz CT molecular complexity index is 494. The van der Waals surface area contributed by atoms with Crippen molar-refractivity contribution in [2.24, 2.45) is 22.2 Å². The quantitative estimate of drug-likeness (QED) is 0.805. The molecule has 0 aromatic rings. The molecule has 0 aromatic heterocycles. The summed E-state index contributed by atoms with van der Waals surface area (Å²) in [7, 11) is 0. The summed E-state index contributed by atoms with van der Waals surface area (Å²) in [5.74, 6) is 0.659. The van der Waals surface area contributed by atoms with Crippen LogP contribution in [0.2, 0.25) is 0 Å². The topological polar surface area (TPSA) is 41.9 Å². The highest BCUT2D eigenvalue weighted by molar-refractivity contribution is 5.21. The number of hydrogen-bond acceptors (Lipinski definition) is 4. The van der Waals surface area contributed by atoms with Crippen LogP contribution < -0.4 is 0 Å². The number of nitrogens with zero attached hydrogens (tertiary/aromatic N) is 1. The zero-order valence-electron chi connectivity index (χ0n) is 13.3.